The van der Waals surface area contributed by atoms with E-state index in [2.05, 4.69) is 0 Å². The third kappa shape index (κ3) is 2.58. The lowest BCUT2D eigenvalue weighted by Crippen LogP contribution is -2.46. The van der Waals surface area contributed by atoms with Crippen LogP contribution in [0.1, 0.15) is 5.56 Å². The van der Waals surface area contributed by atoms with Crippen molar-refractivity contribution in [3.8, 4) is 0 Å². The Hall–Kier alpha value is -1.73. The van der Waals surface area contributed by atoms with Crippen molar-refractivity contribution in [3.05, 3.63) is 34.4 Å². The number of hydrogen-bond acceptors (Lipinski definition) is 2. The number of nitrogens with two attached hydrogens (primary N) is 1. The molecule has 0 bridgehead atoms. The molecule has 5 nitrogen and oxygen atoms in total. The van der Waals surface area contributed by atoms with Gasteiger partial charge in [0, 0.05) is 12.6 Å². The summed E-state index contributed by atoms with van der Waals surface area (Å²) in [6, 6.07) is 1.22. The molecule has 2 rings (SSSR count). The van der Waals surface area contributed by atoms with Crippen LogP contribution >= 0.6 is 11.6 Å². The predicted octanol–water partition coefficient (Wildman–Crippen LogP) is 1.48. The molecular weight excluding hydrogens is 304 g/mol. The smallest absolute Gasteiger partial charge is 0.368 e. The minimum Gasteiger partial charge on any atom is -0.368 e. The number of quaternary nitrogens is 1. The maximum atomic E-state index is 13.5. The second-order valence-corrected chi connectivity index (χ2v) is 5.76. The third-order valence-electron chi connectivity index (χ3n) is 3.77. The monoisotopic (exact) mass is 318 g/mol. The predicted molar refractivity (Wildman–Crippen MR) is 72.3 cm³/mol. The van der Waals surface area contributed by atoms with Crippen LogP contribution in [0.15, 0.2) is 12.1 Å². The number of nitrogens with zero attached hydrogens (tertiary/aromatic N) is 2. The topological polar surface area (TPSA) is 63.4 Å². The van der Waals surface area contributed by atoms with Gasteiger partial charge in [-0.15, -0.1) is 0 Å². The molecule has 0 aliphatic carbocycles. The van der Waals surface area contributed by atoms with E-state index >= 15 is 0 Å². The Morgan fingerprint density at radius 1 is 1.52 bits per heavy atom. The van der Waals surface area contributed by atoms with E-state index in [0.29, 0.717) is 5.56 Å². The van der Waals surface area contributed by atoms with E-state index in [-0.39, 0.29) is 28.6 Å². The van der Waals surface area contributed by atoms with Gasteiger partial charge in [-0.05, 0) is 12.1 Å². The Bertz CT molecular complexity index is 626. The van der Waals surface area contributed by atoms with Crippen LogP contribution in [-0.2, 0) is 11.3 Å². The van der Waals surface area contributed by atoms with E-state index < -0.39 is 23.6 Å². The molecule has 0 aromatic heterocycles. The highest BCUT2D eigenvalue weighted by molar-refractivity contribution is 6.31. The highest BCUT2D eigenvalue weighted by Crippen LogP contribution is 2.29. The van der Waals surface area contributed by atoms with Gasteiger partial charge >= 0.3 is 6.03 Å². The molecule has 8 heteroatoms. The summed E-state index contributed by atoms with van der Waals surface area (Å²) in [6.07, 6.45) is 0. The zero-order valence-electron chi connectivity index (χ0n) is 11.6. The van der Waals surface area contributed by atoms with E-state index in [1.807, 2.05) is 0 Å². The molecule has 0 spiro atoms. The summed E-state index contributed by atoms with van der Waals surface area (Å²) in [5.74, 6) is -2.80. The number of carbonyl (C=O) groups excluding carboxylic acids is 2. The molecule has 1 heterocycles. The van der Waals surface area contributed by atoms with Crippen LogP contribution in [0.25, 0.3) is 0 Å². The number of benzene rings is 1. The van der Waals surface area contributed by atoms with Gasteiger partial charge in [-0.1, -0.05) is 11.6 Å². The van der Waals surface area contributed by atoms with Crippen molar-refractivity contribution in [1.82, 2.24) is 4.90 Å². The first kappa shape index (κ1) is 15.7. The summed E-state index contributed by atoms with van der Waals surface area (Å²) < 4.78 is 26.4. The first-order chi connectivity index (χ1) is 9.67. The summed E-state index contributed by atoms with van der Waals surface area (Å²) in [6.45, 7) is 0.197. The standard InChI is InChI=1S/C13H14ClF2N3O2/c1-18-9(12(17)20)6-19(2,13(18)21)5-7-3-4-8(15)11(16)10(7)14/h3-4,9H,5-6H2,1-2H3,(H-,17,20)/p+1. The van der Waals surface area contributed by atoms with Gasteiger partial charge in [0.15, 0.2) is 17.7 Å². The fourth-order valence-electron chi connectivity index (χ4n) is 2.57. The lowest BCUT2D eigenvalue weighted by atomic mass is 10.1. The van der Waals surface area contributed by atoms with Gasteiger partial charge in [-0.25, -0.2) is 18.1 Å². The first-order valence-corrected chi connectivity index (χ1v) is 6.59. The SMILES string of the molecule is CN1C(=O)[N+](C)(Cc2ccc(F)c(F)c2Cl)CC1C(N)=O. The second kappa shape index (κ2) is 5.23. The summed E-state index contributed by atoms with van der Waals surface area (Å²) in [5.41, 5.74) is 5.56. The summed E-state index contributed by atoms with van der Waals surface area (Å²) >= 11 is 5.78. The second-order valence-electron chi connectivity index (χ2n) is 5.38. The number of amides is 3. The molecule has 1 aromatic rings. The fourth-order valence-corrected chi connectivity index (χ4v) is 2.79. The molecule has 1 aromatic carbocycles. The third-order valence-corrected chi connectivity index (χ3v) is 4.18. The fraction of sp³-hybridized carbons (Fsp3) is 0.385. The van der Waals surface area contributed by atoms with Gasteiger partial charge in [-0.3, -0.25) is 9.69 Å². The van der Waals surface area contributed by atoms with Gasteiger partial charge in [0.05, 0.1) is 12.1 Å². The highest BCUT2D eigenvalue weighted by Gasteiger charge is 2.50. The molecule has 2 N–H and O–H groups in total. The van der Waals surface area contributed by atoms with Crippen LogP contribution in [-0.4, -0.2) is 48.0 Å². The molecular formula is C13H15ClF2N3O2+. The maximum Gasteiger partial charge on any atom is 0.419 e. The highest BCUT2D eigenvalue weighted by atomic mass is 35.5. The number of rotatable bonds is 3. The van der Waals surface area contributed by atoms with Crippen LogP contribution in [0.4, 0.5) is 13.6 Å². The Morgan fingerprint density at radius 3 is 2.67 bits per heavy atom. The van der Waals surface area contributed by atoms with Gasteiger partial charge in [0.1, 0.15) is 13.1 Å². The van der Waals surface area contributed by atoms with Crippen LogP contribution < -0.4 is 5.73 Å². The van der Waals surface area contributed by atoms with Crippen molar-refractivity contribution < 1.29 is 22.9 Å². The van der Waals surface area contributed by atoms with E-state index in [1.165, 1.54) is 18.0 Å². The molecule has 114 valence electrons. The minimum atomic E-state index is -1.15. The molecule has 1 saturated heterocycles. The van der Waals surface area contributed by atoms with Crippen molar-refractivity contribution in [1.29, 1.82) is 0 Å². The molecule has 0 saturated carbocycles. The van der Waals surface area contributed by atoms with E-state index in [9.17, 15) is 18.4 Å². The van der Waals surface area contributed by atoms with Crippen molar-refractivity contribution in [3.63, 3.8) is 0 Å². The molecule has 2 unspecified atom stereocenters. The van der Waals surface area contributed by atoms with Crippen LogP contribution in [0.2, 0.25) is 5.02 Å². The van der Waals surface area contributed by atoms with Crippen LogP contribution in [0, 0.1) is 11.6 Å². The number of hydrogen-bond donors (Lipinski definition) is 1. The normalized spacial score (nSPS) is 25.5. The largest absolute Gasteiger partial charge is 0.419 e. The number of urea groups is 1. The van der Waals surface area contributed by atoms with Crippen LogP contribution in [0.3, 0.4) is 0 Å². The first-order valence-electron chi connectivity index (χ1n) is 6.21. The molecule has 21 heavy (non-hydrogen) atoms. The zero-order chi connectivity index (χ0) is 15.9. The van der Waals surface area contributed by atoms with E-state index in [1.54, 1.807) is 7.05 Å². The minimum absolute atomic E-state index is 0.0446. The maximum absolute atomic E-state index is 13.5. The summed E-state index contributed by atoms with van der Waals surface area (Å²) in [7, 11) is 3.08. The van der Waals surface area contributed by atoms with E-state index in [0.717, 1.165) is 6.07 Å². The average molecular weight is 319 g/mol. The lowest BCUT2D eigenvalue weighted by Gasteiger charge is -2.25. The molecule has 1 aliphatic rings. The quantitative estimate of drug-likeness (QED) is 0.678. The Labute approximate surface area is 125 Å². The number of halogens is 3. The number of primary amides is 1. The van der Waals surface area contributed by atoms with E-state index in [4.69, 9.17) is 17.3 Å². The Morgan fingerprint density at radius 2 is 2.14 bits per heavy atom. The van der Waals surface area contributed by atoms with Gasteiger partial charge in [0.2, 0.25) is 5.91 Å². The van der Waals surface area contributed by atoms with Gasteiger partial charge in [0.25, 0.3) is 0 Å². The number of carbonyl (C=O) groups is 2. The van der Waals surface area contributed by atoms with Crippen LogP contribution in [0.5, 0.6) is 0 Å². The Kier molecular flexibility index (Phi) is 3.90. The lowest BCUT2D eigenvalue weighted by molar-refractivity contribution is -0.835. The van der Waals surface area contributed by atoms with Gasteiger partial charge in [-0.2, -0.15) is 0 Å². The zero-order valence-corrected chi connectivity index (χ0v) is 12.3. The molecule has 3 amide bonds. The summed E-state index contributed by atoms with van der Waals surface area (Å²) in [4.78, 5) is 24.9. The van der Waals surface area contributed by atoms with Crippen molar-refractivity contribution in [2.24, 2.45) is 5.73 Å². The number of likely N-dealkylation sites (N-methyl/N-ethyl adjacent to an activating group) is 2. The molecule has 2 atom stereocenters. The Balaban J connectivity index is 2.33. The van der Waals surface area contributed by atoms with Crippen molar-refractivity contribution in [2.45, 2.75) is 12.6 Å². The molecule has 1 aliphatic heterocycles. The van der Waals surface area contributed by atoms with Crippen molar-refractivity contribution >= 4 is 23.5 Å². The van der Waals surface area contributed by atoms with Crippen molar-refractivity contribution in [2.75, 3.05) is 20.6 Å². The van der Waals surface area contributed by atoms with Gasteiger partial charge < -0.3 is 5.73 Å². The molecule has 0 radical (unpaired) electrons. The summed E-state index contributed by atoms with van der Waals surface area (Å²) in [5, 5.41) is -0.354. The molecule has 1 fully saturated rings. The average Bonchev–Trinajstić information content (AvgIpc) is 2.65.